The van der Waals surface area contributed by atoms with E-state index in [2.05, 4.69) is 37.5 Å². The molecule has 1 N–H and O–H groups in total. The lowest BCUT2D eigenvalue weighted by Crippen LogP contribution is -2.38. The van der Waals surface area contributed by atoms with Gasteiger partial charge in [-0.25, -0.2) is 18.4 Å². The number of imide groups is 1. The maximum Gasteiger partial charge on any atom is 0.261 e. The van der Waals surface area contributed by atoms with Crippen LogP contribution in [0.3, 0.4) is 0 Å². The highest BCUT2D eigenvalue weighted by Gasteiger charge is 2.36. The standard InChI is InChI=1S/C21H22IN5O5S/c1-26(8-9-33(3,30)31)6-7-27-20(28)12-10-15-16(11-13(12)21(27)29)25-18(24-15)17-14(22)4-5-23-19(17)32-2/h4-5,10-11H,6-9H2,1-3H3,(H,24,25). The molecular formula is C21H22IN5O5S. The van der Waals surface area contributed by atoms with Crippen LogP contribution in [0.25, 0.3) is 22.4 Å². The fraction of sp³-hybridized carbons (Fsp3) is 0.333. The Kier molecular flexibility index (Phi) is 6.42. The number of nitrogens with zero attached hydrogens (tertiary/aromatic N) is 4. The Labute approximate surface area is 204 Å². The first-order valence-electron chi connectivity index (χ1n) is 10.0. The van der Waals surface area contributed by atoms with E-state index < -0.39 is 9.84 Å². The molecule has 1 aliphatic heterocycles. The molecular weight excluding hydrogens is 561 g/mol. The number of likely N-dealkylation sites (N-methyl/N-ethyl adjacent to an activating group) is 1. The first-order valence-corrected chi connectivity index (χ1v) is 13.2. The molecule has 0 aliphatic carbocycles. The monoisotopic (exact) mass is 583 g/mol. The van der Waals surface area contributed by atoms with Gasteiger partial charge in [-0.15, -0.1) is 0 Å². The average molecular weight is 583 g/mol. The Morgan fingerprint density at radius 3 is 2.55 bits per heavy atom. The zero-order valence-corrected chi connectivity index (χ0v) is 21.2. The van der Waals surface area contributed by atoms with Crippen molar-refractivity contribution in [2.45, 2.75) is 0 Å². The van der Waals surface area contributed by atoms with Crippen molar-refractivity contribution in [1.29, 1.82) is 0 Å². The molecule has 4 rings (SSSR count). The van der Waals surface area contributed by atoms with Crippen molar-refractivity contribution in [1.82, 2.24) is 24.8 Å². The molecule has 0 unspecified atom stereocenters. The number of amides is 2. The number of carbonyl (C=O) groups excluding carboxylic acids is 2. The van der Waals surface area contributed by atoms with Crippen molar-refractivity contribution >= 4 is 55.3 Å². The number of H-pyrrole nitrogens is 1. The normalized spacial score (nSPS) is 13.9. The number of ether oxygens (including phenoxy) is 1. The zero-order chi connectivity index (χ0) is 23.9. The molecule has 0 fully saturated rings. The predicted molar refractivity (Wildman–Crippen MR) is 131 cm³/mol. The first-order chi connectivity index (χ1) is 15.6. The summed E-state index contributed by atoms with van der Waals surface area (Å²) in [5.74, 6) is 0.217. The van der Waals surface area contributed by atoms with Gasteiger partial charge in [0, 0.05) is 35.7 Å². The second-order valence-corrected chi connectivity index (χ2v) is 11.3. The van der Waals surface area contributed by atoms with Gasteiger partial charge in [0.2, 0.25) is 5.88 Å². The largest absolute Gasteiger partial charge is 0.480 e. The Hall–Kier alpha value is -2.58. The summed E-state index contributed by atoms with van der Waals surface area (Å²) in [6.07, 6.45) is 2.82. The number of sulfone groups is 1. The summed E-state index contributed by atoms with van der Waals surface area (Å²) in [4.78, 5) is 40.9. The van der Waals surface area contributed by atoms with Crippen molar-refractivity contribution in [3.63, 3.8) is 0 Å². The van der Waals surface area contributed by atoms with Gasteiger partial charge < -0.3 is 14.6 Å². The van der Waals surface area contributed by atoms with Crippen molar-refractivity contribution in [3.05, 3.63) is 39.1 Å². The number of hydrogen-bond donors (Lipinski definition) is 1. The number of imidazole rings is 1. The van der Waals surface area contributed by atoms with E-state index >= 15 is 0 Å². The molecule has 3 aromatic rings. The lowest BCUT2D eigenvalue weighted by molar-refractivity contribution is 0.0642. The fourth-order valence-corrected chi connectivity index (χ4v) is 4.90. The van der Waals surface area contributed by atoms with Crippen LogP contribution in [-0.4, -0.2) is 90.8 Å². The van der Waals surface area contributed by atoms with Crippen LogP contribution in [0.1, 0.15) is 20.7 Å². The minimum Gasteiger partial charge on any atom is -0.480 e. The molecule has 0 bridgehead atoms. The Balaban J connectivity index is 1.57. The Morgan fingerprint density at radius 1 is 1.18 bits per heavy atom. The van der Waals surface area contributed by atoms with Gasteiger partial charge in [0.1, 0.15) is 15.7 Å². The fourth-order valence-electron chi connectivity index (χ4n) is 3.61. The third-order valence-electron chi connectivity index (χ3n) is 5.42. The van der Waals surface area contributed by atoms with Crippen LogP contribution in [0.15, 0.2) is 24.4 Å². The summed E-state index contributed by atoms with van der Waals surface area (Å²) in [5.41, 5.74) is 2.50. The summed E-state index contributed by atoms with van der Waals surface area (Å²) in [5, 5.41) is 0. The van der Waals surface area contributed by atoms with Crippen LogP contribution < -0.4 is 4.74 Å². The maximum atomic E-state index is 12.9. The second-order valence-electron chi connectivity index (χ2n) is 7.87. The molecule has 10 nitrogen and oxygen atoms in total. The lowest BCUT2D eigenvalue weighted by atomic mass is 10.1. The third-order valence-corrected chi connectivity index (χ3v) is 7.24. The van der Waals surface area contributed by atoms with Crippen LogP contribution in [0.4, 0.5) is 0 Å². The van der Waals surface area contributed by atoms with Crippen molar-refractivity contribution in [3.8, 4) is 17.3 Å². The molecule has 174 valence electrons. The highest BCUT2D eigenvalue weighted by Crippen LogP contribution is 2.33. The molecule has 33 heavy (non-hydrogen) atoms. The molecule has 2 aromatic heterocycles. The summed E-state index contributed by atoms with van der Waals surface area (Å²) in [7, 11) is 0.207. The number of benzene rings is 1. The summed E-state index contributed by atoms with van der Waals surface area (Å²) >= 11 is 2.17. The van der Waals surface area contributed by atoms with Crippen LogP contribution in [0.5, 0.6) is 5.88 Å². The van der Waals surface area contributed by atoms with Gasteiger partial charge in [0.25, 0.3) is 11.8 Å². The molecule has 1 aromatic carbocycles. The number of nitrogens with one attached hydrogen (secondary N) is 1. The number of aromatic amines is 1. The van der Waals surface area contributed by atoms with Crippen molar-refractivity contribution in [2.75, 3.05) is 45.8 Å². The van der Waals surface area contributed by atoms with Gasteiger partial charge in [-0.3, -0.25) is 14.5 Å². The number of halogens is 1. The number of aromatic nitrogens is 3. The number of fused-ring (bicyclic) bond motifs is 2. The van der Waals surface area contributed by atoms with Crippen LogP contribution in [0, 0.1) is 3.57 Å². The molecule has 12 heteroatoms. The quantitative estimate of drug-likeness (QED) is 0.315. The van der Waals surface area contributed by atoms with E-state index in [0.717, 1.165) is 3.57 Å². The van der Waals surface area contributed by atoms with Gasteiger partial charge in [-0.1, -0.05) is 0 Å². The van der Waals surface area contributed by atoms with Crippen molar-refractivity contribution in [2.24, 2.45) is 0 Å². The molecule has 2 amide bonds. The number of methoxy groups -OCH3 is 1. The second kappa shape index (κ2) is 8.99. The number of pyridine rings is 1. The molecule has 0 spiro atoms. The van der Waals surface area contributed by atoms with E-state index in [4.69, 9.17) is 4.74 Å². The van der Waals surface area contributed by atoms with Crippen LogP contribution in [0.2, 0.25) is 0 Å². The van der Waals surface area contributed by atoms with Gasteiger partial charge in [0.15, 0.2) is 0 Å². The van der Waals surface area contributed by atoms with Crippen LogP contribution in [-0.2, 0) is 9.84 Å². The van der Waals surface area contributed by atoms with Crippen molar-refractivity contribution < 1.29 is 22.7 Å². The zero-order valence-electron chi connectivity index (χ0n) is 18.3. The van der Waals surface area contributed by atoms with E-state index in [-0.39, 0.29) is 24.1 Å². The number of rotatable bonds is 8. The molecule has 0 saturated carbocycles. The average Bonchev–Trinajstić information content (AvgIpc) is 3.27. The van der Waals surface area contributed by atoms with E-state index in [1.165, 1.54) is 18.3 Å². The van der Waals surface area contributed by atoms with E-state index in [0.29, 0.717) is 52.5 Å². The summed E-state index contributed by atoms with van der Waals surface area (Å²) in [6.45, 7) is 0.874. The number of hydrogen-bond acceptors (Lipinski definition) is 8. The molecule has 1 aliphatic rings. The predicted octanol–water partition coefficient (Wildman–Crippen LogP) is 1.81. The highest BCUT2D eigenvalue weighted by molar-refractivity contribution is 14.1. The third kappa shape index (κ3) is 4.73. The minimum atomic E-state index is -3.08. The SMILES string of the molecule is COc1nccc(I)c1-c1nc2cc3c(cc2[nH]1)C(=O)N(CCN(C)CCS(C)(=O)=O)C3=O. The Morgan fingerprint density at radius 2 is 1.88 bits per heavy atom. The molecule has 0 atom stereocenters. The Bertz CT molecular complexity index is 1320. The minimum absolute atomic E-state index is 0.0189. The molecule has 0 saturated heterocycles. The van der Waals surface area contributed by atoms with E-state index in [9.17, 15) is 18.0 Å². The van der Waals surface area contributed by atoms with Gasteiger partial charge in [-0.05, 0) is 47.8 Å². The first kappa shape index (κ1) is 23.6. The summed E-state index contributed by atoms with van der Waals surface area (Å²) < 4.78 is 28.9. The van der Waals surface area contributed by atoms with Gasteiger partial charge in [0.05, 0.1) is 40.6 Å². The van der Waals surface area contributed by atoms with E-state index in [1.54, 1.807) is 30.3 Å². The van der Waals surface area contributed by atoms with Gasteiger partial charge >= 0.3 is 0 Å². The lowest BCUT2D eigenvalue weighted by Gasteiger charge is -2.20. The molecule has 3 heterocycles. The topological polar surface area (TPSA) is 126 Å². The molecule has 0 radical (unpaired) electrons. The number of carbonyl (C=O) groups is 2. The maximum absolute atomic E-state index is 12.9. The highest BCUT2D eigenvalue weighted by atomic mass is 127. The van der Waals surface area contributed by atoms with Gasteiger partial charge in [-0.2, -0.15) is 0 Å². The van der Waals surface area contributed by atoms with E-state index in [1.807, 2.05) is 6.07 Å². The summed E-state index contributed by atoms with van der Waals surface area (Å²) in [6, 6.07) is 5.10. The van der Waals surface area contributed by atoms with Crippen LogP contribution >= 0.6 is 22.6 Å². The smallest absolute Gasteiger partial charge is 0.261 e.